The summed E-state index contributed by atoms with van der Waals surface area (Å²) >= 11 is 4.82. The molecule has 1 aliphatic rings. The van der Waals surface area contributed by atoms with Crippen LogP contribution in [-0.2, 0) is 11.3 Å². The molecule has 0 radical (unpaired) electrons. The number of rotatable bonds is 3. The molecule has 1 atom stereocenters. The number of alkyl halides is 2. The zero-order valence-corrected chi connectivity index (χ0v) is 11.2. The van der Waals surface area contributed by atoms with Gasteiger partial charge in [-0.2, -0.15) is 0 Å². The molecular weight excluding hydrogens is 314 g/mol. The second kappa shape index (κ2) is 4.99. The highest BCUT2D eigenvalue weighted by atomic mass is 79.9. The van der Waals surface area contributed by atoms with E-state index < -0.39 is 24.9 Å². The molecule has 0 saturated carbocycles. The fourth-order valence-electron chi connectivity index (χ4n) is 1.65. The molecule has 94 valence electrons. The van der Waals surface area contributed by atoms with Crippen LogP contribution in [-0.4, -0.2) is 24.4 Å². The van der Waals surface area contributed by atoms with Crippen molar-refractivity contribution < 1.29 is 13.6 Å². The van der Waals surface area contributed by atoms with E-state index in [1.54, 1.807) is 0 Å². The van der Waals surface area contributed by atoms with E-state index in [4.69, 9.17) is 0 Å². The van der Waals surface area contributed by atoms with Gasteiger partial charge in [0.15, 0.2) is 0 Å². The predicted molar refractivity (Wildman–Crippen MR) is 65.2 cm³/mol. The van der Waals surface area contributed by atoms with Gasteiger partial charge in [-0.1, -0.05) is 0 Å². The van der Waals surface area contributed by atoms with Gasteiger partial charge in [-0.3, -0.25) is 10.1 Å². The molecule has 0 spiro atoms. The molecule has 1 saturated heterocycles. The van der Waals surface area contributed by atoms with E-state index in [1.165, 1.54) is 11.3 Å². The highest BCUT2D eigenvalue weighted by Crippen LogP contribution is 2.25. The molecule has 1 aromatic rings. The van der Waals surface area contributed by atoms with Crippen LogP contribution in [0.15, 0.2) is 15.9 Å². The Morgan fingerprint density at radius 3 is 2.94 bits per heavy atom. The number of thiophene rings is 1. The van der Waals surface area contributed by atoms with Crippen LogP contribution in [0.4, 0.5) is 8.78 Å². The lowest BCUT2D eigenvalue weighted by molar-refractivity contribution is -0.123. The van der Waals surface area contributed by atoms with Gasteiger partial charge in [-0.25, -0.2) is 8.78 Å². The van der Waals surface area contributed by atoms with Crippen LogP contribution in [0, 0.1) is 0 Å². The molecule has 2 heterocycles. The second-order valence-corrected chi connectivity index (χ2v) is 6.46. The number of carbonyl (C=O) groups excluding carboxylic acids is 1. The smallest absolute Gasteiger partial charge is 0.262 e. The molecule has 2 rings (SSSR count). The molecule has 0 bridgehead atoms. The number of amides is 1. The molecule has 17 heavy (non-hydrogen) atoms. The van der Waals surface area contributed by atoms with Gasteiger partial charge in [0.05, 0.1) is 22.9 Å². The summed E-state index contributed by atoms with van der Waals surface area (Å²) in [5.41, 5.74) is 0. The molecule has 0 aromatic carbocycles. The van der Waals surface area contributed by atoms with Crippen LogP contribution in [0.25, 0.3) is 0 Å². The number of carbonyl (C=O) groups is 1. The topological polar surface area (TPSA) is 41.1 Å². The molecule has 0 aliphatic carbocycles. The minimum absolute atomic E-state index is 0.369. The summed E-state index contributed by atoms with van der Waals surface area (Å²) in [5.74, 6) is -3.14. The van der Waals surface area contributed by atoms with Gasteiger partial charge in [0.2, 0.25) is 5.91 Å². The molecule has 1 aromatic heterocycles. The van der Waals surface area contributed by atoms with Crippen molar-refractivity contribution in [3.8, 4) is 0 Å². The van der Waals surface area contributed by atoms with Crippen molar-refractivity contribution in [2.24, 2.45) is 0 Å². The van der Waals surface area contributed by atoms with Crippen molar-refractivity contribution >= 4 is 33.2 Å². The third-order valence-electron chi connectivity index (χ3n) is 2.49. The van der Waals surface area contributed by atoms with Crippen LogP contribution >= 0.6 is 27.3 Å². The Morgan fingerprint density at radius 1 is 1.65 bits per heavy atom. The average molecular weight is 325 g/mol. The van der Waals surface area contributed by atoms with Gasteiger partial charge in [-0.15, -0.1) is 11.3 Å². The van der Waals surface area contributed by atoms with Crippen molar-refractivity contribution in [1.82, 2.24) is 10.6 Å². The van der Waals surface area contributed by atoms with Gasteiger partial charge in [0, 0.05) is 11.3 Å². The third kappa shape index (κ3) is 3.46. The first-order valence-electron chi connectivity index (χ1n) is 5.09. The SMILES string of the molecule is O=C(NCc1ccc(Br)s1)C1CC(F)(F)CN1. The van der Waals surface area contributed by atoms with Crippen molar-refractivity contribution in [3.05, 3.63) is 20.8 Å². The Labute approximate surface area is 110 Å². The first-order valence-corrected chi connectivity index (χ1v) is 6.70. The van der Waals surface area contributed by atoms with E-state index in [0.717, 1.165) is 8.66 Å². The van der Waals surface area contributed by atoms with Gasteiger partial charge < -0.3 is 5.32 Å². The lowest BCUT2D eigenvalue weighted by atomic mass is 10.2. The highest BCUT2D eigenvalue weighted by molar-refractivity contribution is 9.11. The van der Waals surface area contributed by atoms with Crippen LogP contribution < -0.4 is 10.6 Å². The number of hydrogen-bond acceptors (Lipinski definition) is 3. The van der Waals surface area contributed by atoms with Crippen LogP contribution in [0.2, 0.25) is 0 Å². The maximum atomic E-state index is 12.9. The van der Waals surface area contributed by atoms with Gasteiger partial charge >= 0.3 is 0 Å². The first-order chi connectivity index (χ1) is 7.96. The predicted octanol–water partition coefficient (Wildman–Crippen LogP) is 2.12. The molecule has 7 heteroatoms. The lowest BCUT2D eigenvalue weighted by Crippen LogP contribution is -2.39. The second-order valence-electron chi connectivity index (χ2n) is 3.92. The van der Waals surface area contributed by atoms with E-state index in [9.17, 15) is 13.6 Å². The van der Waals surface area contributed by atoms with E-state index >= 15 is 0 Å². The third-order valence-corrected chi connectivity index (χ3v) is 4.12. The summed E-state index contributed by atoms with van der Waals surface area (Å²) < 4.78 is 26.7. The van der Waals surface area contributed by atoms with Crippen LogP contribution in [0.3, 0.4) is 0 Å². The summed E-state index contributed by atoms with van der Waals surface area (Å²) in [6, 6.07) is 2.98. The van der Waals surface area contributed by atoms with E-state index in [1.807, 2.05) is 12.1 Å². The standard InChI is InChI=1S/C10H11BrF2N2OS/c11-8-2-1-6(17-8)4-14-9(16)7-3-10(12,13)5-15-7/h1-2,7,15H,3-5H2,(H,14,16). The summed E-state index contributed by atoms with van der Waals surface area (Å²) in [6.07, 6.45) is -0.424. The summed E-state index contributed by atoms with van der Waals surface area (Å²) in [6.45, 7) is -0.0471. The monoisotopic (exact) mass is 324 g/mol. The molecular formula is C10H11BrF2N2OS. The Kier molecular flexibility index (Phi) is 3.79. The molecule has 1 unspecified atom stereocenters. The minimum Gasteiger partial charge on any atom is -0.350 e. The lowest BCUT2D eigenvalue weighted by Gasteiger charge is -2.10. The number of nitrogens with one attached hydrogen (secondary N) is 2. The average Bonchev–Trinajstić information content (AvgIpc) is 2.81. The summed E-state index contributed by atoms with van der Waals surface area (Å²) in [4.78, 5) is 12.6. The Balaban J connectivity index is 1.82. The van der Waals surface area contributed by atoms with Crippen molar-refractivity contribution in [3.63, 3.8) is 0 Å². The van der Waals surface area contributed by atoms with Gasteiger partial charge in [0.25, 0.3) is 5.92 Å². The van der Waals surface area contributed by atoms with Crippen LogP contribution in [0.5, 0.6) is 0 Å². The summed E-state index contributed by atoms with van der Waals surface area (Å²) in [5, 5.41) is 5.17. The maximum absolute atomic E-state index is 12.9. The molecule has 1 aliphatic heterocycles. The van der Waals surface area contributed by atoms with Crippen LogP contribution in [0.1, 0.15) is 11.3 Å². The number of hydrogen-bond donors (Lipinski definition) is 2. The molecule has 3 nitrogen and oxygen atoms in total. The van der Waals surface area contributed by atoms with Gasteiger partial charge in [0.1, 0.15) is 0 Å². The quantitative estimate of drug-likeness (QED) is 0.894. The fourth-order valence-corrected chi connectivity index (χ4v) is 3.07. The maximum Gasteiger partial charge on any atom is 0.262 e. The van der Waals surface area contributed by atoms with Crippen molar-refractivity contribution in [2.75, 3.05) is 6.54 Å². The summed E-state index contributed by atoms with van der Waals surface area (Å²) in [7, 11) is 0. The zero-order chi connectivity index (χ0) is 12.5. The minimum atomic E-state index is -2.77. The van der Waals surface area contributed by atoms with Gasteiger partial charge in [-0.05, 0) is 28.1 Å². The van der Waals surface area contributed by atoms with Crippen molar-refractivity contribution in [2.45, 2.75) is 24.9 Å². The normalized spacial score (nSPS) is 22.6. The van der Waals surface area contributed by atoms with Crippen molar-refractivity contribution in [1.29, 1.82) is 0 Å². The molecule has 2 N–H and O–H groups in total. The van der Waals surface area contributed by atoms with E-state index in [2.05, 4.69) is 26.6 Å². The Hall–Kier alpha value is -0.530. The van der Waals surface area contributed by atoms with E-state index in [-0.39, 0.29) is 5.91 Å². The Bertz CT molecular complexity index is 424. The molecule has 1 fully saturated rings. The number of halogens is 3. The molecule has 1 amide bonds. The zero-order valence-electron chi connectivity index (χ0n) is 8.80. The first kappa shape index (κ1) is 12.9. The fraction of sp³-hybridized carbons (Fsp3) is 0.500. The Morgan fingerprint density at radius 2 is 2.41 bits per heavy atom. The highest BCUT2D eigenvalue weighted by Gasteiger charge is 2.42. The largest absolute Gasteiger partial charge is 0.350 e. The van der Waals surface area contributed by atoms with E-state index in [0.29, 0.717) is 6.54 Å².